The van der Waals surface area contributed by atoms with Gasteiger partial charge in [0.1, 0.15) is 0 Å². The molecule has 1 heterocycles. The second-order valence-electron chi connectivity index (χ2n) is 4.58. The fraction of sp³-hybridized carbons (Fsp3) is 0.250. The zero-order valence-corrected chi connectivity index (χ0v) is 12.6. The van der Waals surface area contributed by atoms with Crippen LogP contribution < -0.4 is 5.32 Å². The van der Waals surface area contributed by atoms with Crippen molar-refractivity contribution in [2.45, 2.75) is 19.4 Å². The van der Waals surface area contributed by atoms with Crippen molar-refractivity contribution < 1.29 is 14.3 Å². The summed E-state index contributed by atoms with van der Waals surface area (Å²) in [5.74, 6) is -0.150. The lowest BCUT2D eigenvalue weighted by Crippen LogP contribution is -2.13. The molecule has 21 heavy (non-hydrogen) atoms. The average Bonchev–Trinajstić information content (AvgIpc) is 3.00. The van der Waals surface area contributed by atoms with Gasteiger partial charge >= 0.3 is 0 Å². The maximum absolute atomic E-state index is 11.9. The van der Waals surface area contributed by atoms with Crippen molar-refractivity contribution >= 4 is 28.7 Å². The highest BCUT2D eigenvalue weighted by Gasteiger charge is 2.10. The van der Waals surface area contributed by atoms with Gasteiger partial charge in [0.2, 0.25) is 5.91 Å². The number of ether oxygens (including phenoxy) is 1. The summed E-state index contributed by atoms with van der Waals surface area (Å²) in [6.45, 7) is 0.501. The van der Waals surface area contributed by atoms with Crippen LogP contribution in [0.15, 0.2) is 41.8 Å². The first kappa shape index (κ1) is 15.4. The molecule has 0 spiro atoms. The minimum Gasteiger partial charge on any atom is -0.380 e. The number of methoxy groups -OCH3 is 1. The van der Waals surface area contributed by atoms with Crippen LogP contribution >= 0.6 is 11.3 Å². The van der Waals surface area contributed by atoms with Crippen LogP contribution in [0.1, 0.15) is 28.1 Å². The molecule has 2 rings (SSSR count). The van der Waals surface area contributed by atoms with E-state index in [9.17, 15) is 9.59 Å². The molecule has 0 aliphatic carbocycles. The summed E-state index contributed by atoms with van der Waals surface area (Å²) in [7, 11) is 1.63. The van der Waals surface area contributed by atoms with Gasteiger partial charge in [-0.05, 0) is 29.1 Å². The molecule has 0 saturated heterocycles. The quantitative estimate of drug-likeness (QED) is 0.797. The Labute approximate surface area is 127 Å². The molecule has 4 nitrogen and oxygen atoms in total. The Hall–Kier alpha value is -1.98. The third-order valence-electron chi connectivity index (χ3n) is 2.90. The van der Waals surface area contributed by atoms with E-state index in [0.717, 1.165) is 11.3 Å². The molecule has 0 unspecified atom stereocenters. The molecule has 0 fully saturated rings. The van der Waals surface area contributed by atoms with E-state index in [0.29, 0.717) is 11.5 Å². The maximum Gasteiger partial charge on any atom is 0.224 e. The zero-order valence-electron chi connectivity index (χ0n) is 11.8. The van der Waals surface area contributed by atoms with Gasteiger partial charge in [0.05, 0.1) is 11.5 Å². The average molecular weight is 303 g/mol. The van der Waals surface area contributed by atoms with Crippen LogP contribution in [-0.4, -0.2) is 18.8 Å². The van der Waals surface area contributed by atoms with E-state index in [1.54, 1.807) is 13.2 Å². The first-order valence-corrected chi connectivity index (χ1v) is 7.51. The Morgan fingerprint density at radius 3 is 2.76 bits per heavy atom. The second-order valence-corrected chi connectivity index (χ2v) is 5.53. The van der Waals surface area contributed by atoms with Crippen LogP contribution in [0, 0.1) is 0 Å². The van der Waals surface area contributed by atoms with E-state index in [-0.39, 0.29) is 24.5 Å². The van der Waals surface area contributed by atoms with Crippen LogP contribution in [0.25, 0.3) is 0 Å². The molecule has 1 amide bonds. The van der Waals surface area contributed by atoms with Gasteiger partial charge in [-0.3, -0.25) is 9.59 Å². The van der Waals surface area contributed by atoms with Crippen molar-refractivity contribution in [2.24, 2.45) is 0 Å². The molecule has 0 bridgehead atoms. The van der Waals surface area contributed by atoms with Gasteiger partial charge in [-0.15, -0.1) is 11.3 Å². The Morgan fingerprint density at radius 1 is 1.19 bits per heavy atom. The van der Waals surface area contributed by atoms with E-state index in [4.69, 9.17) is 4.74 Å². The van der Waals surface area contributed by atoms with Crippen molar-refractivity contribution in [2.75, 3.05) is 12.4 Å². The SMILES string of the molecule is COCc1cccc(NC(=O)CCC(=O)c2cccs2)c1. The highest BCUT2D eigenvalue weighted by Crippen LogP contribution is 2.14. The summed E-state index contributed by atoms with van der Waals surface area (Å²) in [5, 5.41) is 4.65. The van der Waals surface area contributed by atoms with E-state index in [2.05, 4.69) is 5.32 Å². The molecular formula is C16H17NO3S. The lowest BCUT2D eigenvalue weighted by Gasteiger charge is -2.07. The summed E-state index contributed by atoms with van der Waals surface area (Å²) in [6.07, 6.45) is 0.412. The Balaban J connectivity index is 1.84. The predicted molar refractivity (Wildman–Crippen MR) is 83.7 cm³/mol. The molecular weight excluding hydrogens is 286 g/mol. The summed E-state index contributed by atoms with van der Waals surface area (Å²) < 4.78 is 5.05. The largest absolute Gasteiger partial charge is 0.380 e. The van der Waals surface area contributed by atoms with Crippen molar-refractivity contribution in [3.05, 3.63) is 52.2 Å². The Bertz CT molecular complexity index is 608. The normalized spacial score (nSPS) is 10.3. The highest BCUT2D eigenvalue weighted by atomic mass is 32.1. The third kappa shape index (κ3) is 4.81. The fourth-order valence-corrected chi connectivity index (χ4v) is 2.61. The topological polar surface area (TPSA) is 55.4 Å². The van der Waals surface area contributed by atoms with E-state index in [1.807, 2.05) is 35.7 Å². The van der Waals surface area contributed by atoms with Gasteiger partial charge < -0.3 is 10.1 Å². The van der Waals surface area contributed by atoms with Crippen LogP contribution in [0.3, 0.4) is 0 Å². The number of anilines is 1. The lowest BCUT2D eigenvalue weighted by atomic mass is 10.1. The molecule has 1 N–H and O–H groups in total. The monoisotopic (exact) mass is 303 g/mol. The van der Waals surface area contributed by atoms with Gasteiger partial charge in [-0.25, -0.2) is 0 Å². The van der Waals surface area contributed by atoms with Gasteiger partial charge in [0.25, 0.3) is 0 Å². The van der Waals surface area contributed by atoms with Gasteiger partial charge in [0, 0.05) is 25.6 Å². The van der Waals surface area contributed by atoms with Crippen molar-refractivity contribution in [3.8, 4) is 0 Å². The number of benzene rings is 1. The predicted octanol–water partition coefficient (Wildman–Crippen LogP) is 3.50. The second kappa shape index (κ2) is 7.71. The molecule has 0 atom stereocenters. The first-order valence-electron chi connectivity index (χ1n) is 6.63. The molecule has 2 aromatic rings. The van der Waals surface area contributed by atoms with Crippen molar-refractivity contribution in [1.82, 2.24) is 0 Å². The zero-order chi connectivity index (χ0) is 15.1. The maximum atomic E-state index is 11.9. The molecule has 1 aromatic carbocycles. The molecule has 110 valence electrons. The molecule has 0 aliphatic rings. The number of hydrogen-bond acceptors (Lipinski definition) is 4. The van der Waals surface area contributed by atoms with Gasteiger partial charge in [0.15, 0.2) is 5.78 Å². The standard InChI is InChI=1S/C16H17NO3S/c1-20-11-12-4-2-5-13(10-12)17-16(19)8-7-14(18)15-6-3-9-21-15/h2-6,9-10H,7-8,11H2,1H3,(H,17,19). The number of ketones is 1. The van der Waals surface area contributed by atoms with Crippen LogP contribution in [-0.2, 0) is 16.1 Å². The number of amides is 1. The number of thiophene rings is 1. The summed E-state index contributed by atoms with van der Waals surface area (Å²) in [6, 6.07) is 11.1. The number of carbonyl (C=O) groups is 2. The van der Waals surface area contributed by atoms with Gasteiger partial charge in [-0.2, -0.15) is 0 Å². The minimum absolute atomic E-state index is 0.00767. The van der Waals surface area contributed by atoms with Crippen molar-refractivity contribution in [3.63, 3.8) is 0 Å². The van der Waals surface area contributed by atoms with Gasteiger partial charge in [-0.1, -0.05) is 18.2 Å². The first-order chi connectivity index (χ1) is 10.2. The van der Waals surface area contributed by atoms with E-state index in [1.165, 1.54) is 11.3 Å². The Kier molecular flexibility index (Phi) is 5.66. The van der Waals surface area contributed by atoms with Crippen LogP contribution in [0.5, 0.6) is 0 Å². The lowest BCUT2D eigenvalue weighted by molar-refractivity contribution is -0.116. The number of hydrogen-bond donors (Lipinski definition) is 1. The van der Waals surface area contributed by atoms with Crippen LogP contribution in [0.2, 0.25) is 0 Å². The highest BCUT2D eigenvalue weighted by molar-refractivity contribution is 7.12. The number of nitrogens with one attached hydrogen (secondary N) is 1. The van der Waals surface area contributed by atoms with Crippen molar-refractivity contribution in [1.29, 1.82) is 0 Å². The number of carbonyl (C=O) groups excluding carboxylic acids is 2. The summed E-state index contributed by atoms with van der Waals surface area (Å²) in [5.41, 5.74) is 1.71. The molecule has 0 aliphatic heterocycles. The number of Topliss-reactive ketones (excluding diaryl/α,β-unsaturated/α-hetero) is 1. The smallest absolute Gasteiger partial charge is 0.224 e. The molecule has 0 saturated carbocycles. The summed E-state index contributed by atoms with van der Waals surface area (Å²) >= 11 is 1.40. The molecule has 0 radical (unpaired) electrons. The van der Waals surface area contributed by atoms with Crippen LogP contribution in [0.4, 0.5) is 5.69 Å². The Morgan fingerprint density at radius 2 is 2.05 bits per heavy atom. The van der Waals surface area contributed by atoms with E-state index >= 15 is 0 Å². The summed E-state index contributed by atoms with van der Waals surface area (Å²) in [4.78, 5) is 24.4. The molecule has 5 heteroatoms. The fourth-order valence-electron chi connectivity index (χ4n) is 1.92. The minimum atomic E-state index is -0.158. The number of rotatable bonds is 7. The van der Waals surface area contributed by atoms with E-state index < -0.39 is 0 Å². The molecule has 1 aromatic heterocycles. The third-order valence-corrected chi connectivity index (χ3v) is 3.81.